The van der Waals surface area contributed by atoms with Crippen molar-refractivity contribution in [3.05, 3.63) is 42.5 Å². The number of aromatic nitrogens is 2. The van der Waals surface area contributed by atoms with E-state index in [0.29, 0.717) is 11.4 Å². The third-order valence-corrected chi connectivity index (χ3v) is 3.91. The summed E-state index contributed by atoms with van der Waals surface area (Å²) in [6.45, 7) is 3.46. The molecule has 1 unspecified atom stereocenters. The van der Waals surface area contributed by atoms with Crippen LogP contribution < -0.4 is 15.8 Å². The number of rotatable bonds is 7. The molecule has 0 fully saturated rings. The summed E-state index contributed by atoms with van der Waals surface area (Å²) in [5, 5.41) is 13.0. The predicted molar refractivity (Wildman–Crippen MR) is 116 cm³/mol. The molecular formula is C18H25F3IN5O2. The highest BCUT2D eigenvalue weighted by Gasteiger charge is 2.57. The number of ether oxygens (including phenoxy) is 1. The topological polar surface area (TPSA) is 97.7 Å². The van der Waals surface area contributed by atoms with Crippen LogP contribution in [0.15, 0.2) is 41.7 Å². The number of anilines is 1. The normalized spacial score (nSPS) is 14.3. The van der Waals surface area contributed by atoms with Crippen molar-refractivity contribution in [3.8, 4) is 5.75 Å². The second-order valence-electron chi connectivity index (χ2n) is 6.55. The number of halogens is 4. The molecule has 0 spiro atoms. The molecule has 0 amide bonds. The molecule has 1 aromatic carbocycles. The summed E-state index contributed by atoms with van der Waals surface area (Å²) >= 11 is 0. The summed E-state index contributed by atoms with van der Waals surface area (Å²) in [5.41, 5.74) is 3.22. The highest BCUT2D eigenvalue weighted by Crippen LogP contribution is 2.40. The zero-order valence-electron chi connectivity index (χ0n) is 16.3. The van der Waals surface area contributed by atoms with Gasteiger partial charge in [-0.05, 0) is 38.1 Å². The molecule has 4 N–H and O–H groups in total. The monoisotopic (exact) mass is 527 g/mol. The number of guanidine groups is 1. The Morgan fingerprint density at radius 1 is 1.31 bits per heavy atom. The predicted octanol–water partition coefficient (Wildman–Crippen LogP) is 3.39. The third-order valence-electron chi connectivity index (χ3n) is 3.91. The van der Waals surface area contributed by atoms with Gasteiger partial charge in [-0.1, -0.05) is 0 Å². The fourth-order valence-corrected chi connectivity index (χ4v) is 2.56. The van der Waals surface area contributed by atoms with E-state index in [2.05, 4.69) is 15.3 Å². The molecule has 2 rings (SSSR count). The molecule has 0 aliphatic rings. The van der Waals surface area contributed by atoms with Gasteiger partial charge in [-0.2, -0.15) is 13.2 Å². The van der Waals surface area contributed by atoms with E-state index in [-0.39, 0.29) is 42.6 Å². The van der Waals surface area contributed by atoms with Crippen LogP contribution in [0.25, 0.3) is 0 Å². The number of imidazole rings is 1. The Morgan fingerprint density at radius 3 is 2.41 bits per heavy atom. The first kappa shape index (κ1) is 25.0. The first-order chi connectivity index (χ1) is 13.0. The van der Waals surface area contributed by atoms with Crippen LogP contribution in [0.5, 0.6) is 5.75 Å². The Labute approximate surface area is 184 Å². The van der Waals surface area contributed by atoms with Crippen molar-refractivity contribution >= 4 is 35.6 Å². The van der Waals surface area contributed by atoms with Crippen molar-refractivity contribution in [3.63, 3.8) is 0 Å². The molecule has 11 heteroatoms. The van der Waals surface area contributed by atoms with Crippen LogP contribution in [0, 0.1) is 0 Å². The quantitative estimate of drug-likeness (QED) is 0.292. The summed E-state index contributed by atoms with van der Waals surface area (Å²) < 4.78 is 47.0. The Morgan fingerprint density at radius 2 is 1.93 bits per heavy atom. The molecule has 2 aromatic rings. The Bertz CT molecular complexity index is 809. The summed E-state index contributed by atoms with van der Waals surface area (Å²) in [4.78, 5) is 7.52. The lowest BCUT2D eigenvalue weighted by molar-refractivity contribution is -0.272. The Balaban J connectivity index is 0.00000420. The van der Waals surface area contributed by atoms with Crippen molar-refractivity contribution in [2.45, 2.75) is 38.1 Å². The average Bonchev–Trinajstić information content (AvgIpc) is 3.01. The van der Waals surface area contributed by atoms with Gasteiger partial charge < -0.3 is 25.5 Å². The van der Waals surface area contributed by atoms with Gasteiger partial charge >= 0.3 is 6.18 Å². The van der Waals surface area contributed by atoms with Crippen molar-refractivity contribution in [2.75, 3.05) is 11.9 Å². The molecule has 7 nitrogen and oxygen atoms in total. The van der Waals surface area contributed by atoms with Gasteiger partial charge in [-0.25, -0.2) is 4.98 Å². The number of nitrogens with one attached hydrogen (secondary N) is 1. The molecule has 0 radical (unpaired) electrons. The first-order valence-electron chi connectivity index (χ1n) is 8.63. The van der Waals surface area contributed by atoms with Gasteiger partial charge in [0.15, 0.2) is 5.96 Å². The second-order valence-corrected chi connectivity index (χ2v) is 6.55. The van der Waals surface area contributed by atoms with Gasteiger partial charge in [0.2, 0.25) is 5.60 Å². The van der Waals surface area contributed by atoms with Crippen molar-refractivity contribution in [1.29, 1.82) is 0 Å². The van der Waals surface area contributed by atoms with Crippen molar-refractivity contribution in [1.82, 2.24) is 9.55 Å². The fourth-order valence-electron chi connectivity index (χ4n) is 2.56. The van der Waals surface area contributed by atoms with E-state index >= 15 is 0 Å². The lowest BCUT2D eigenvalue weighted by atomic mass is 9.98. The molecule has 29 heavy (non-hydrogen) atoms. The minimum absolute atomic E-state index is 0. The second kappa shape index (κ2) is 10.1. The van der Waals surface area contributed by atoms with E-state index in [1.165, 1.54) is 19.4 Å². The first-order valence-corrected chi connectivity index (χ1v) is 8.63. The Kier molecular flexibility index (Phi) is 8.75. The van der Waals surface area contributed by atoms with E-state index in [4.69, 9.17) is 10.5 Å². The van der Waals surface area contributed by atoms with Gasteiger partial charge in [-0.15, -0.1) is 24.0 Å². The summed E-state index contributed by atoms with van der Waals surface area (Å²) in [7, 11) is 1.38. The minimum atomic E-state index is -4.91. The summed E-state index contributed by atoms with van der Waals surface area (Å²) in [6, 6.07) is 6.89. The number of hydrogen-bond donors (Lipinski definition) is 3. The average molecular weight is 527 g/mol. The molecule has 1 heterocycles. The van der Waals surface area contributed by atoms with Crippen LogP contribution >= 0.6 is 24.0 Å². The lowest BCUT2D eigenvalue weighted by Crippen LogP contribution is -2.45. The molecular weight excluding hydrogens is 502 g/mol. The van der Waals surface area contributed by atoms with Crippen LogP contribution in [0.2, 0.25) is 0 Å². The molecule has 162 valence electrons. The van der Waals surface area contributed by atoms with Gasteiger partial charge in [-0.3, -0.25) is 4.99 Å². The number of hydrogen-bond acceptors (Lipinski definition) is 4. The largest absolute Gasteiger partial charge is 0.491 e. The standard InChI is InChI=1S/C18H24F3N5O2.HI/c1-12(2)28-14-6-4-13(5-7-14)25-16(22)24-9-8-17(27,18(19,20)21)15-23-10-11-26(15)3;/h4-7,10-12,27H,8-9H2,1-3H3,(H3,22,24,25);1H. The Hall–Kier alpha value is -2.02. The van der Waals surface area contributed by atoms with E-state index in [0.717, 1.165) is 4.57 Å². The van der Waals surface area contributed by atoms with Crippen LogP contribution in [-0.2, 0) is 12.6 Å². The van der Waals surface area contributed by atoms with Gasteiger partial charge in [0.1, 0.15) is 11.6 Å². The third kappa shape index (κ3) is 6.49. The molecule has 0 aliphatic heterocycles. The zero-order chi connectivity index (χ0) is 20.9. The zero-order valence-corrected chi connectivity index (χ0v) is 18.6. The maximum Gasteiger partial charge on any atom is 0.424 e. The van der Waals surface area contributed by atoms with Crippen LogP contribution in [-0.4, -0.2) is 39.4 Å². The van der Waals surface area contributed by atoms with Crippen molar-refractivity contribution in [2.24, 2.45) is 17.8 Å². The molecule has 1 atom stereocenters. The SMILES string of the molecule is CC(C)Oc1ccc(NC(N)=NCCC(O)(c2nccn2C)C(F)(F)F)cc1.I. The molecule has 0 saturated heterocycles. The summed E-state index contributed by atoms with van der Waals surface area (Å²) in [5.74, 6) is 0.116. The van der Waals surface area contributed by atoms with Gasteiger partial charge in [0.25, 0.3) is 0 Å². The maximum atomic E-state index is 13.4. The lowest BCUT2D eigenvalue weighted by Gasteiger charge is -2.29. The highest BCUT2D eigenvalue weighted by atomic mass is 127. The van der Waals surface area contributed by atoms with E-state index in [1.807, 2.05) is 13.8 Å². The minimum Gasteiger partial charge on any atom is -0.491 e. The number of aryl methyl sites for hydroxylation is 1. The van der Waals surface area contributed by atoms with Gasteiger partial charge in [0.05, 0.1) is 6.10 Å². The maximum absolute atomic E-state index is 13.4. The van der Waals surface area contributed by atoms with Crippen molar-refractivity contribution < 1.29 is 23.0 Å². The van der Waals surface area contributed by atoms with E-state index in [9.17, 15) is 18.3 Å². The number of nitrogens with zero attached hydrogens (tertiary/aromatic N) is 3. The molecule has 1 aromatic heterocycles. The van der Waals surface area contributed by atoms with E-state index < -0.39 is 24.0 Å². The number of benzene rings is 1. The number of aliphatic hydroxyl groups is 1. The van der Waals surface area contributed by atoms with E-state index in [1.54, 1.807) is 24.3 Å². The molecule has 0 aliphatic carbocycles. The highest BCUT2D eigenvalue weighted by molar-refractivity contribution is 14.0. The molecule has 0 bridgehead atoms. The van der Waals surface area contributed by atoms with Crippen LogP contribution in [0.3, 0.4) is 0 Å². The van der Waals surface area contributed by atoms with Crippen LogP contribution in [0.1, 0.15) is 26.1 Å². The fraction of sp³-hybridized carbons (Fsp3) is 0.444. The number of nitrogens with two attached hydrogens (primary N) is 1. The smallest absolute Gasteiger partial charge is 0.424 e. The molecule has 0 saturated carbocycles. The van der Waals surface area contributed by atoms with Crippen LogP contribution in [0.4, 0.5) is 18.9 Å². The number of aliphatic imine (C=N–C) groups is 1. The van der Waals surface area contributed by atoms with Gasteiger partial charge in [0, 0.05) is 38.1 Å². The summed E-state index contributed by atoms with van der Waals surface area (Å²) in [6.07, 6.45) is -3.06. The number of alkyl halides is 3.